The summed E-state index contributed by atoms with van der Waals surface area (Å²) in [6.07, 6.45) is 2.20. The number of hydrogen-bond donors (Lipinski definition) is 4. The van der Waals surface area contributed by atoms with Gasteiger partial charge in [0.1, 0.15) is 26.9 Å². The first-order valence-electron chi connectivity index (χ1n) is 17.7. The Kier molecular flexibility index (Phi) is 13.5. The van der Waals surface area contributed by atoms with Gasteiger partial charge in [0.25, 0.3) is 40.5 Å². The van der Waals surface area contributed by atoms with Crippen LogP contribution >= 0.6 is 0 Å². The van der Waals surface area contributed by atoms with Crippen molar-refractivity contribution in [3.8, 4) is 0 Å². The van der Waals surface area contributed by atoms with E-state index in [4.69, 9.17) is 9.11 Å². The number of azo groups is 4. The third-order valence-corrected chi connectivity index (χ3v) is 12.1. The summed E-state index contributed by atoms with van der Waals surface area (Å²) in [5.41, 5.74) is -0.450. The SMILES string of the molecule is O=S(=O)(O)c1ccc(N=[N+]([O-])c2ccc(N=Nc3ccc(/C=C/c4ccc([N+]([O-])=Nc5ccc([N+]([O-])=Nc6ccc(S(=O)(=O)O)cc6)cc5)cc4S(=O)(=O)O)c(S(=O)(=O)O)c3)cc2)cc1. The highest BCUT2D eigenvalue weighted by molar-refractivity contribution is 7.86. The van der Waals surface area contributed by atoms with Gasteiger partial charge in [-0.1, -0.05) is 32.8 Å². The normalized spacial score (nSPS) is 13.4. The molecule has 0 aliphatic rings. The second-order valence-corrected chi connectivity index (χ2v) is 18.6. The van der Waals surface area contributed by atoms with Crippen molar-refractivity contribution in [2.75, 3.05) is 0 Å². The topological polar surface area (TPSA) is 357 Å². The Hall–Kier alpha value is -7.50. The molecular formula is C38H28N8O15S4. The number of rotatable bonds is 14. The second kappa shape index (κ2) is 18.7. The fourth-order valence-corrected chi connectivity index (χ4v) is 7.76. The molecule has 0 radical (unpaired) electrons. The summed E-state index contributed by atoms with van der Waals surface area (Å²) in [6, 6.07) is 25.9. The van der Waals surface area contributed by atoms with Gasteiger partial charge in [0.15, 0.2) is 0 Å². The van der Waals surface area contributed by atoms with E-state index in [1.54, 1.807) is 0 Å². The van der Waals surface area contributed by atoms with Crippen LogP contribution in [0.4, 0.5) is 45.5 Å². The van der Waals surface area contributed by atoms with Crippen molar-refractivity contribution in [2.24, 2.45) is 25.6 Å². The lowest BCUT2D eigenvalue weighted by molar-refractivity contribution is -0.436. The van der Waals surface area contributed by atoms with E-state index < -0.39 is 55.2 Å². The zero-order chi connectivity index (χ0) is 47.3. The van der Waals surface area contributed by atoms with E-state index in [0.29, 0.717) is 0 Å². The third kappa shape index (κ3) is 12.4. The second-order valence-electron chi connectivity index (χ2n) is 13.0. The highest BCUT2D eigenvalue weighted by atomic mass is 32.2. The van der Waals surface area contributed by atoms with Crippen LogP contribution in [0.25, 0.3) is 12.2 Å². The van der Waals surface area contributed by atoms with Gasteiger partial charge in [-0.3, -0.25) is 18.2 Å². The lowest BCUT2D eigenvalue weighted by Crippen LogP contribution is -2.03. The Bertz CT molecular complexity index is 3420. The van der Waals surface area contributed by atoms with E-state index in [1.807, 2.05) is 0 Å². The molecule has 0 bridgehead atoms. The van der Waals surface area contributed by atoms with E-state index in [1.165, 1.54) is 84.9 Å². The molecule has 65 heavy (non-hydrogen) atoms. The maximum atomic E-state index is 13.0. The lowest BCUT2D eigenvalue weighted by atomic mass is 10.1. The molecular weight excluding hydrogens is 937 g/mol. The Morgan fingerprint density at radius 2 is 0.677 bits per heavy atom. The van der Waals surface area contributed by atoms with Crippen LogP contribution in [0.15, 0.2) is 179 Å². The van der Waals surface area contributed by atoms with Crippen LogP contribution in [-0.4, -0.2) is 66.5 Å². The zero-order valence-corrected chi connectivity index (χ0v) is 35.6. The molecule has 0 atom stereocenters. The first-order valence-corrected chi connectivity index (χ1v) is 23.4. The highest BCUT2D eigenvalue weighted by Gasteiger charge is 2.20. The van der Waals surface area contributed by atoms with Crippen molar-refractivity contribution in [3.05, 3.63) is 160 Å². The number of nitrogens with zero attached hydrogens (tertiary/aromatic N) is 8. The van der Waals surface area contributed by atoms with Crippen LogP contribution < -0.4 is 0 Å². The van der Waals surface area contributed by atoms with Gasteiger partial charge >= 0.3 is 0 Å². The minimum absolute atomic E-state index is 0.00309. The summed E-state index contributed by atoms with van der Waals surface area (Å²) in [5.74, 6) is 0. The van der Waals surface area contributed by atoms with Gasteiger partial charge in [0.2, 0.25) is 17.1 Å². The molecule has 0 unspecified atom stereocenters. The van der Waals surface area contributed by atoms with E-state index in [9.17, 15) is 58.4 Å². The predicted octanol–water partition coefficient (Wildman–Crippen LogP) is 9.04. The molecule has 27 heteroatoms. The molecule has 0 fully saturated rings. The molecule has 334 valence electrons. The van der Waals surface area contributed by atoms with Gasteiger partial charge in [-0.05, 0) is 102 Å². The molecule has 0 aromatic heterocycles. The molecule has 4 N–H and O–H groups in total. The van der Waals surface area contributed by atoms with Crippen LogP contribution in [-0.2, 0) is 40.5 Å². The van der Waals surface area contributed by atoms with E-state index >= 15 is 0 Å². The minimum Gasteiger partial charge on any atom is -0.594 e. The molecule has 0 saturated carbocycles. The van der Waals surface area contributed by atoms with Gasteiger partial charge in [0, 0.05) is 51.7 Å². The lowest BCUT2D eigenvalue weighted by Gasteiger charge is -2.07. The van der Waals surface area contributed by atoms with Crippen molar-refractivity contribution >= 4 is 98.1 Å². The molecule has 0 aliphatic heterocycles. The Morgan fingerprint density at radius 1 is 0.369 bits per heavy atom. The van der Waals surface area contributed by atoms with Crippen molar-refractivity contribution < 1.29 is 66.5 Å². The molecule has 0 aliphatic carbocycles. The third-order valence-electron chi connectivity index (χ3n) is 8.52. The molecule has 6 rings (SSSR count). The average molecular weight is 965 g/mol. The quantitative estimate of drug-likeness (QED) is 0.0260. The summed E-state index contributed by atoms with van der Waals surface area (Å²) < 4.78 is 133. The summed E-state index contributed by atoms with van der Waals surface area (Å²) in [6.45, 7) is 0. The van der Waals surface area contributed by atoms with Crippen molar-refractivity contribution in [1.82, 2.24) is 0 Å². The first-order chi connectivity index (χ1) is 30.4. The molecule has 6 aromatic carbocycles. The largest absolute Gasteiger partial charge is 0.594 e. The van der Waals surface area contributed by atoms with Crippen LogP contribution in [0.1, 0.15) is 11.1 Å². The maximum Gasteiger partial charge on any atom is 0.295 e. The molecule has 0 heterocycles. The van der Waals surface area contributed by atoms with Crippen molar-refractivity contribution in [2.45, 2.75) is 19.6 Å². The Morgan fingerprint density at radius 3 is 1.08 bits per heavy atom. The number of hydrogen-bond acceptors (Lipinski definition) is 16. The first kappa shape index (κ1) is 47.0. The predicted molar refractivity (Wildman–Crippen MR) is 227 cm³/mol. The highest BCUT2D eigenvalue weighted by Crippen LogP contribution is 2.31. The zero-order valence-electron chi connectivity index (χ0n) is 32.3. The van der Waals surface area contributed by atoms with Crippen LogP contribution in [0.5, 0.6) is 0 Å². The van der Waals surface area contributed by atoms with Crippen LogP contribution in [0.3, 0.4) is 0 Å². The molecule has 0 amide bonds. The van der Waals surface area contributed by atoms with Crippen molar-refractivity contribution in [3.63, 3.8) is 0 Å². The smallest absolute Gasteiger partial charge is 0.295 e. The molecule has 0 saturated heterocycles. The van der Waals surface area contributed by atoms with E-state index in [-0.39, 0.29) is 76.1 Å². The molecule has 6 aromatic rings. The Labute approximate surface area is 368 Å². The minimum atomic E-state index is -5.02. The standard InChI is InChI=1S/C38H28N8O15S4/c47-44(41-29-10-19-35(20-11-29)62(50,51)52)32-15-6-27(7-16-32)39-40-31-5-3-25(37(23-31)64(56,57)58)1-2-26-4-14-34(24-38(26)65(59,60)61)46(49)43-28-8-17-33(18-9-28)45(48)42-30-12-21-36(22-13-30)63(53,54)55/h1-24H,(H,50,51,52)(H,53,54,55)(H,56,57,58)(H,59,60,61)/b2-1+,40-39?,44-41?,45-42?,46-43?. The maximum absolute atomic E-state index is 13.0. The van der Waals surface area contributed by atoms with Crippen LogP contribution in [0.2, 0.25) is 0 Å². The van der Waals surface area contributed by atoms with Gasteiger partial charge in [0.05, 0.1) is 21.2 Å². The summed E-state index contributed by atoms with van der Waals surface area (Å²) in [4.78, 5) is -1.77. The molecule has 23 nitrogen and oxygen atoms in total. The average Bonchev–Trinajstić information content (AvgIpc) is 3.24. The van der Waals surface area contributed by atoms with Gasteiger partial charge in [-0.15, -0.1) is 0 Å². The summed E-state index contributed by atoms with van der Waals surface area (Å²) in [5, 5.41) is 57.3. The monoisotopic (exact) mass is 964 g/mol. The van der Waals surface area contributed by atoms with Crippen LogP contribution in [0, 0.1) is 15.6 Å². The Balaban J connectivity index is 1.17. The van der Waals surface area contributed by atoms with Crippen molar-refractivity contribution in [1.29, 1.82) is 0 Å². The van der Waals surface area contributed by atoms with E-state index in [0.717, 1.165) is 60.7 Å². The van der Waals surface area contributed by atoms with Gasteiger partial charge in [-0.2, -0.15) is 43.9 Å². The fraction of sp³-hybridized carbons (Fsp3) is 0. The number of benzene rings is 6. The fourth-order valence-electron chi connectivity index (χ4n) is 5.40. The summed E-state index contributed by atoms with van der Waals surface area (Å²) in [7, 11) is -18.8. The van der Waals surface area contributed by atoms with Gasteiger partial charge in [-0.25, -0.2) is 0 Å². The van der Waals surface area contributed by atoms with E-state index in [2.05, 4.69) is 25.6 Å². The summed E-state index contributed by atoms with van der Waals surface area (Å²) >= 11 is 0. The van der Waals surface area contributed by atoms with Gasteiger partial charge < -0.3 is 15.6 Å². The molecule has 0 spiro atoms.